The van der Waals surface area contributed by atoms with Crippen molar-refractivity contribution in [2.24, 2.45) is 5.92 Å². The molecule has 142 valence electrons. The molecule has 1 heterocycles. The molecule has 27 heavy (non-hydrogen) atoms. The molecule has 2 nitrogen and oxygen atoms in total. The van der Waals surface area contributed by atoms with Gasteiger partial charge in [-0.05, 0) is 55.2 Å². The molecule has 0 radical (unpaired) electrons. The van der Waals surface area contributed by atoms with Gasteiger partial charge in [0.1, 0.15) is 5.82 Å². The Morgan fingerprint density at radius 1 is 1.04 bits per heavy atom. The minimum Gasteiger partial charge on any atom is -0.299 e. The van der Waals surface area contributed by atoms with Crippen LogP contribution in [0.3, 0.4) is 0 Å². The summed E-state index contributed by atoms with van der Waals surface area (Å²) >= 11 is 0. The van der Waals surface area contributed by atoms with Gasteiger partial charge in [-0.25, -0.2) is 4.98 Å². The summed E-state index contributed by atoms with van der Waals surface area (Å²) in [5, 5.41) is 0. The van der Waals surface area contributed by atoms with Crippen molar-refractivity contribution in [2.75, 3.05) is 0 Å². The minimum absolute atomic E-state index is 0.116. The quantitative estimate of drug-likeness (QED) is 0.490. The second-order valence-corrected chi connectivity index (χ2v) is 8.34. The van der Waals surface area contributed by atoms with Crippen molar-refractivity contribution in [1.29, 1.82) is 0 Å². The average Bonchev–Trinajstić information content (AvgIpc) is 3.09. The van der Waals surface area contributed by atoms with Crippen LogP contribution in [0.1, 0.15) is 56.4 Å². The Hall–Kier alpha value is -2.35. The van der Waals surface area contributed by atoms with Gasteiger partial charge in [0, 0.05) is 18.0 Å². The topological polar surface area (TPSA) is 17.8 Å². The highest BCUT2D eigenvalue weighted by molar-refractivity contribution is 5.66. The van der Waals surface area contributed by atoms with Gasteiger partial charge < -0.3 is 0 Å². The van der Waals surface area contributed by atoms with E-state index in [0.717, 1.165) is 12.2 Å². The first-order valence-corrected chi connectivity index (χ1v) is 10.0. The number of benzene rings is 2. The van der Waals surface area contributed by atoms with E-state index in [1.165, 1.54) is 33.5 Å². The standard InChI is InChI=1S/C25H32N2/c1-8-25(7,17(2)3)22-12-10-9-11-21(22)24-26-13-14-27(24)23-19(5)15-18(4)16-20(23)6/h9-17H,8H2,1-7H3. The normalized spacial score (nSPS) is 13.8. The van der Waals surface area contributed by atoms with Crippen LogP contribution in [0.4, 0.5) is 0 Å². The molecule has 3 rings (SSSR count). The average molecular weight is 361 g/mol. The number of imidazole rings is 1. The fourth-order valence-electron chi connectivity index (χ4n) is 4.32. The van der Waals surface area contributed by atoms with Gasteiger partial charge in [0.2, 0.25) is 0 Å². The first-order valence-electron chi connectivity index (χ1n) is 10.0. The number of nitrogens with zero attached hydrogens (tertiary/aromatic N) is 2. The van der Waals surface area contributed by atoms with Gasteiger partial charge in [-0.3, -0.25) is 4.57 Å². The van der Waals surface area contributed by atoms with E-state index in [-0.39, 0.29) is 5.41 Å². The molecule has 0 N–H and O–H groups in total. The van der Waals surface area contributed by atoms with Gasteiger partial charge in [-0.1, -0.05) is 69.7 Å². The van der Waals surface area contributed by atoms with Crippen LogP contribution in [0.25, 0.3) is 17.1 Å². The Bertz CT molecular complexity index is 925. The second kappa shape index (κ2) is 7.34. The van der Waals surface area contributed by atoms with Crippen molar-refractivity contribution in [3.8, 4) is 17.1 Å². The molecule has 1 unspecified atom stereocenters. The largest absolute Gasteiger partial charge is 0.299 e. The van der Waals surface area contributed by atoms with Gasteiger partial charge >= 0.3 is 0 Å². The number of hydrogen-bond acceptors (Lipinski definition) is 1. The third kappa shape index (κ3) is 3.34. The summed E-state index contributed by atoms with van der Waals surface area (Å²) in [6.07, 6.45) is 5.12. The highest BCUT2D eigenvalue weighted by Gasteiger charge is 2.31. The molecule has 0 aliphatic rings. The number of rotatable bonds is 5. The number of hydrogen-bond donors (Lipinski definition) is 0. The molecule has 3 aromatic rings. The van der Waals surface area contributed by atoms with Crippen LogP contribution in [0, 0.1) is 26.7 Å². The highest BCUT2D eigenvalue weighted by atomic mass is 15.1. The van der Waals surface area contributed by atoms with Gasteiger partial charge in [0.15, 0.2) is 0 Å². The minimum atomic E-state index is 0.116. The smallest absolute Gasteiger partial charge is 0.144 e. The Balaban J connectivity index is 2.25. The maximum atomic E-state index is 4.80. The molecule has 2 heteroatoms. The summed E-state index contributed by atoms with van der Waals surface area (Å²) in [5.41, 5.74) is 7.85. The Labute approximate surface area is 164 Å². The summed E-state index contributed by atoms with van der Waals surface area (Å²) < 4.78 is 2.26. The maximum Gasteiger partial charge on any atom is 0.144 e. The Kier molecular flexibility index (Phi) is 5.28. The van der Waals surface area contributed by atoms with E-state index in [4.69, 9.17) is 4.98 Å². The lowest BCUT2D eigenvalue weighted by molar-refractivity contribution is 0.327. The molecule has 0 amide bonds. The maximum absolute atomic E-state index is 4.80. The zero-order chi connectivity index (χ0) is 19.8. The molecule has 2 aromatic carbocycles. The molecule has 0 aliphatic heterocycles. The van der Waals surface area contributed by atoms with Gasteiger partial charge in [-0.15, -0.1) is 0 Å². The molecule has 1 aromatic heterocycles. The lowest BCUT2D eigenvalue weighted by atomic mass is 9.70. The van der Waals surface area contributed by atoms with Crippen molar-refractivity contribution in [3.05, 3.63) is 71.0 Å². The van der Waals surface area contributed by atoms with Crippen LogP contribution in [-0.4, -0.2) is 9.55 Å². The summed E-state index contributed by atoms with van der Waals surface area (Å²) in [4.78, 5) is 4.80. The van der Waals surface area contributed by atoms with E-state index < -0.39 is 0 Å². The third-order valence-corrected chi connectivity index (χ3v) is 6.31. The van der Waals surface area contributed by atoms with Crippen LogP contribution >= 0.6 is 0 Å². The molecule has 0 fully saturated rings. The van der Waals surface area contributed by atoms with E-state index in [0.29, 0.717) is 5.92 Å². The van der Waals surface area contributed by atoms with E-state index in [2.05, 4.69) is 95.6 Å². The first kappa shape index (κ1) is 19.4. The van der Waals surface area contributed by atoms with Crippen molar-refractivity contribution in [3.63, 3.8) is 0 Å². The van der Waals surface area contributed by atoms with Crippen LogP contribution in [0.15, 0.2) is 48.8 Å². The van der Waals surface area contributed by atoms with Gasteiger partial charge in [0.25, 0.3) is 0 Å². The van der Waals surface area contributed by atoms with Crippen LogP contribution < -0.4 is 0 Å². The van der Waals surface area contributed by atoms with Crippen molar-refractivity contribution in [1.82, 2.24) is 9.55 Å². The SMILES string of the molecule is CCC(C)(c1ccccc1-c1nccn1-c1c(C)cc(C)cc1C)C(C)C. The van der Waals surface area contributed by atoms with Gasteiger partial charge in [-0.2, -0.15) is 0 Å². The first-order chi connectivity index (χ1) is 12.8. The molecular weight excluding hydrogens is 328 g/mol. The molecule has 0 saturated carbocycles. The highest BCUT2D eigenvalue weighted by Crippen LogP contribution is 2.41. The predicted molar refractivity (Wildman–Crippen MR) is 116 cm³/mol. The molecular formula is C25H32N2. The van der Waals surface area contributed by atoms with E-state index in [1.54, 1.807) is 0 Å². The van der Waals surface area contributed by atoms with Crippen molar-refractivity contribution in [2.45, 2.75) is 60.3 Å². The predicted octanol–water partition coefficient (Wildman–Crippen LogP) is 6.79. The molecule has 0 bridgehead atoms. The Morgan fingerprint density at radius 3 is 2.26 bits per heavy atom. The third-order valence-electron chi connectivity index (χ3n) is 6.31. The number of aryl methyl sites for hydroxylation is 3. The summed E-state index contributed by atoms with van der Waals surface area (Å²) in [5.74, 6) is 1.58. The number of aromatic nitrogens is 2. The monoisotopic (exact) mass is 360 g/mol. The van der Waals surface area contributed by atoms with Gasteiger partial charge in [0.05, 0.1) is 5.69 Å². The fourth-order valence-corrected chi connectivity index (χ4v) is 4.32. The molecule has 0 saturated heterocycles. The molecule has 1 atom stereocenters. The zero-order valence-electron chi connectivity index (χ0n) is 17.8. The van der Waals surface area contributed by atoms with Crippen LogP contribution in [0.2, 0.25) is 0 Å². The van der Waals surface area contributed by atoms with Crippen LogP contribution in [0.5, 0.6) is 0 Å². The molecule has 0 spiro atoms. The van der Waals surface area contributed by atoms with Crippen LogP contribution in [-0.2, 0) is 5.41 Å². The van der Waals surface area contributed by atoms with Crippen molar-refractivity contribution >= 4 is 0 Å². The summed E-state index contributed by atoms with van der Waals surface area (Å²) in [6.45, 7) is 15.8. The lowest BCUT2D eigenvalue weighted by Crippen LogP contribution is -2.28. The van der Waals surface area contributed by atoms with E-state index >= 15 is 0 Å². The Morgan fingerprint density at radius 2 is 1.67 bits per heavy atom. The summed E-state index contributed by atoms with van der Waals surface area (Å²) in [6, 6.07) is 13.3. The van der Waals surface area contributed by atoms with Crippen molar-refractivity contribution < 1.29 is 0 Å². The zero-order valence-corrected chi connectivity index (χ0v) is 17.8. The lowest BCUT2D eigenvalue weighted by Gasteiger charge is -2.35. The molecule has 0 aliphatic carbocycles. The summed E-state index contributed by atoms with van der Waals surface area (Å²) in [7, 11) is 0. The second-order valence-electron chi connectivity index (χ2n) is 8.34. The fraction of sp³-hybridized carbons (Fsp3) is 0.400. The van der Waals surface area contributed by atoms with E-state index in [9.17, 15) is 0 Å². The van der Waals surface area contributed by atoms with E-state index in [1.807, 2.05) is 6.20 Å².